The number of benzene rings is 1. The van der Waals surface area contributed by atoms with Crippen molar-refractivity contribution in [1.82, 2.24) is 4.98 Å². The van der Waals surface area contributed by atoms with E-state index in [9.17, 15) is 0 Å². The second-order valence-electron chi connectivity index (χ2n) is 3.79. The van der Waals surface area contributed by atoms with Gasteiger partial charge in [0, 0.05) is 5.56 Å². The zero-order chi connectivity index (χ0) is 12.1. The van der Waals surface area contributed by atoms with Crippen LogP contribution in [-0.2, 0) is 0 Å². The number of unbranched alkanes of at least 4 members (excludes halogenated alkanes) is 1. The minimum atomic E-state index is 0.754. The Labute approximate surface area is 105 Å². The summed E-state index contributed by atoms with van der Waals surface area (Å²) in [5.74, 6) is 0.899. The molecule has 0 fully saturated rings. The number of thiazole rings is 1. The number of hydrogen-bond acceptors (Lipinski definition) is 4. The molecule has 0 aliphatic rings. The third-order valence-corrected chi connectivity index (χ3v) is 3.15. The normalized spacial score (nSPS) is 10.4. The van der Waals surface area contributed by atoms with Gasteiger partial charge < -0.3 is 10.5 Å². The maximum Gasteiger partial charge on any atom is 0.119 e. The summed E-state index contributed by atoms with van der Waals surface area (Å²) in [6.45, 7) is 2.92. The van der Waals surface area contributed by atoms with Crippen molar-refractivity contribution in [3.63, 3.8) is 0 Å². The van der Waals surface area contributed by atoms with E-state index in [1.54, 1.807) is 5.51 Å². The topological polar surface area (TPSA) is 48.1 Å². The highest BCUT2D eigenvalue weighted by molar-refractivity contribution is 7.14. The second-order valence-corrected chi connectivity index (χ2v) is 4.68. The first-order chi connectivity index (χ1) is 8.31. The summed E-state index contributed by atoms with van der Waals surface area (Å²) in [6.07, 6.45) is 2.23. The lowest BCUT2D eigenvalue weighted by Crippen LogP contribution is -1.96. The lowest BCUT2D eigenvalue weighted by molar-refractivity contribution is 0.309. The van der Waals surface area contributed by atoms with Gasteiger partial charge in [-0.1, -0.05) is 13.3 Å². The minimum absolute atomic E-state index is 0.754. The lowest BCUT2D eigenvalue weighted by Gasteiger charge is -2.05. The molecule has 17 heavy (non-hydrogen) atoms. The Kier molecular flexibility index (Phi) is 3.98. The number of rotatable bonds is 5. The quantitative estimate of drug-likeness (QED) is 0.823. The first-order valence-electron chi connectivity index (χ1n) is 5.73. The highest BCUT2D eigenvalue weighted by Gasteiger charge is 2.05. The van der Waals surface area contributed by atoms with Gasteiger partial charge in [0.25, 0.3) is 0 Å². The fraction of sp³-hybridized carbons (Fsp3) is 0.308. The van der Waals surface area contributed by atoms with Crippen LogP contribution in [0.2, 0.25) is 0 Å². The van der Waals surface area contributed by atoms with Gasteiger partial charge in [0.15, 0.2) is 0 Å². The average Bonchev–Trinajstić information content (AvgIpc) is 2.77. The number of aromatic nitrogens is 1. The molecule has 90 valence electrons. The Morgan fingerprint density at radius 2 is 2.06 bits per heavy atom. The van der Waals surface area contributed by atoms with Crippen molar-refractivity contribution < 1.29 is 4.74 Å². The standard InChI is InChI=1S/C13H16N2OS/c1-2-3-8-16-11-6-4-10(5-7-11)12-13(14)17-9-15-12/h4-7,9H,2-3,8,14H2,1H3. The monoisotopic (exact) mass is 248 g/mol. The van der Waals surface area contributed by atoms with Crippen LogP contribution in [0.4, 0.5) is 5.00 Å². The van der Waals surface area contributed by atoms with Gasteiger partial charge in [0.2, 0.25) is 0 Å². The second kappa shape index (κ2) is 5.68. The molecule has 2 rings (SSSR count). The molecule has 0 aliphatic carbocycles. The van der Waals surface area contributed by atoms with Crippen LogP contribution in [0.25, 0.3) is 11.3 Å². The lowest BCUT2D eigenvalue weighted by atomic mass is 10.1. The van der Waals surface area contributed by atoms with E-state index in [-0.39, 0.29) is 0 Å². The molecule has 0 amide bonds. The molecule has 0 saturated carbocycles. The summed E-state index contributed by atoms with van der Waals surface area (Å²) in [6, 6.07) is 7.91. The molecule has 4 heteroatoms. The summed E-state index contributed by atoms with van der Waals surface area (Å²) < 4.78 is 5.60. The Bertz CT molecular complexity index is 465. The Balaban J connectivity index is 2.06. The van der Waals surface area contributed by atoms with Crippen LogP contribution in [0.15, 0.2) is 29.8 Å². The molecular formula is C13H16N2OS. The third kappa shape index (κ3) is 2.97. The molecule has 0 aliphatic heterocycles. The number of nitrogens with two attached hydrogens (primary N) is 1. The van der Waals surface area contributed by atoms with E-state index in [1.165, 1.54) is 11.3 Å². The zero-order valence-electron chi connectivity index (χ0n) is 9.85. The van der Waals surface area contributed by atoms with E-state index in [0.717, 1.165) is 41.5 Å². The highest BCUT2D eigenvalue weighted by atomic mass is 32.1. The molecule has 3 nitrogen and oxygen atoms in total. The van der Waals surface area contributed by atoms with Gasteiger partial charge in [-0.3, -0.25) is 0 Å². The van der Waals surface area contributed by atoms with Crippen molar-refractivity contribution in [2.24, 2.45) is 0 Å². The number of nitrogens with zero attached hydrogens (tertiary/aromatic N) is 1. The fourth-order valence-electron chi connectivity index (χ4n) is 1.52. The third-order valence-electron chi connectivity index (χ3n) is 2.49. The van der Waals surface area contributed by atoms with Crippen LogP contribution in [0.5, 0.6) is 5.75 Å². The van der Waals surface area contributed by atoms with E-state index >= 15 is 0 Å². The van der Waals surface area contributed by atoms with Crippen LogP contribution >= 0.6 is 11.3 Å². The number of ether oxygens (including phenoxy) is 1. The summed E-state index contributed by atoms with van der Waals surface area (Å²) in [5.41, 5.74) is 9.48. The van der Waals surface area contributed by atoms with Crippen LogP contribution in [-0.4, -0.2) is 11.6 Å². The largest absolute Gasteiger partial charge is 0.494 e. The predicted molar refractivity (Wildman–Crippen MR) is 72.4 cm³/mol. The summed E-state index contributed by atoms with van der Waals surface area (Å²) in [5, 5.41) is 0.754. The molecule has 0 bridgehead atoms. The molecule has 1 heterocycles. The average molecular weight is 248 g/mol. The maximum atomic E-state index is 5.83. The number of anilines is 1. The van der Waals surface area contributed by atoms with Crippen molar-refractivity contribution in [3.8, 4) is 17.0 Å². The molecule has 0 radical (unpaired) electrons. The highest BCUT2D eigenvalue weighted by Crippen LogP contribution is 2.28. The summed E-state index contributed by atoms with van der Waals surface area (Å²) >= 11 is 1.46. The van der Waals surface area contributed by atoms with E-state index in [2.05, 4.69) is 11.9 Å². The molecular weight excluding hydrogens is 232 g/mol. The van der Waals surface area contributed by atoms with Crippen LogP contribution in [0.1, 0.15) is 19.8 Å². The molecule has 1 aromatic heterocycles. The minimum Gasteiger partial charge on any atom is -0.494 e. The van der Waals surface area contributed by atoms with Gasteiger partial charge in [-0.15, -0.1) is 11.3 Å². The van der Waals surface area contributed by atoms with Crippen LogP contribution in [0, 0.1) is 0 Å². The molecule has 0 spiro atoms. The Morgan fingerprint density at radius 1 is 1.29 bits per heavy atom. The summed E-state index contributed by atoms with van der Waals surface area (Å²) in [7, 11) is 0. The zero-order valence-corrected chi connectivity index (χ0v) is 10.7. The van der Waals surface area contributed by atoms with Gasteiger partial charge in [-0.05, 0) is 30.7 Å². The fourth-order valence-corrected chi connectivity index (χ4v) is 2.07. The van der Waals surface area contributed by atoms with Crippen molar-refractivity contribution in [3.05, 3.63) is 29.8 Å². The van der Waals surface area contributed by atoms with E-state index in [0.29, 0.717) is 0 Å². The van der Waals surface area contributed by atoms with E-state index in [4.69, 9.17) is 10.5 Å². The summed E-state index contributed by atoms with van der Waals surface area (Å²) in [4.78, 5) is 4.24. The molecule has 2 aromatic rings. The molecule has 0 saturated heterocycles. The van der Waals surface area contributed by atoms with Gasteiger partial charge in [0.05, 0.1) is 12.1 Å². The predicted octanol–water partition coefficient (Wildman–Crippen LogP) is 3.57. The Hall–Kier alpha value is -1.55. The SMILES string of the molecule is CCCCOc1ccc(-c2ncsc2N)cc1. The van der Waals surface area contributed by atoms with Gasteiger partial charge in [-0.2, -0.15) is 0 Å². The van der Waals surface area contributed by atoms with Gasteiger partial charge in [0.1, 0.15) is 16.4 Å². The molecule has 1 aromatic carbocycles. The molecule has 0 unspecified atom stereocenters. The number of nitrogen functional groups attached to an aromatic ring is 1. The van der Waals surface area contributed by atoms with Crippen LogP contribution < -0.4 is 10.5 Å². The number of hydrogen-bond donors (Lipinski definition) is 1. The molecule has 0 atom stereocenters. The first kappa shape index (κ1) is 11.9. The maximum absolute atomic E-state index is 5.83. The molecule has 2 N–H and O–H groups in total. The first-order valence-corrected chi connectivity index (χ1v) is 6.61. The van der Waals surface area contributed by atoms with Gasteiger partial charge >= 0.3 is 0 Å². The van der Waals surface area contributed by atoms with Crippen molar-refractivity contribution in [1.29, 1.82) is 0 Å². The van der Waals surface area contributed by atoms with Gasteiger partial charge in [-0.25, -0.2) is 4.98 Å². The Morgan fingerprint density at radius 3 is 2.65 bits per heavy atom. The van der Waals surface area contributed by atoms with Crippen molar-refractivity contribution in [2.75, 3.05) is 12.3 Å². The van der Waals surface area contributed by atoms with Crippen LogP contribution in [0.3, 0.4) is 0 Å². The smallest absolute Gasteiger partial charge is 0.119 e. The van der Waals surface area contributed by atoms with E-state index < -0.39 is 0 Å². The van der Waals surface area contributed by atoms with Crippen molar-refractivity contribution >= 4 is 16.3 Å². The van der Waals surface area contributed by atoms with Crippen molar-refractivity contribution in [2.45, 2.75) is 19.8 Å². The van der Waals surface area contributed by atoms with E-state index in [1.807, 2.05) is 24.3 Å².